The van der Waals surface area contributed by atoms with Gasteiger partial charge in [0.2, 0.25) is 0 Å². The Hall–Kier alpha value is -1.01. The zero-order chi connectivity index (χ0) is 16.1. The van der Waals surface area contributed by atoms with E-state index in [1.165, 1.54) is 4.90 Å². The first kappa shape index (κ1) is 18.0. The number of rotatable bonds is 7. The van der Waals surface area contributed by atoms with E-state index < -0.39 is 12.7 Å². The number of furan rings is 1. The van der Waals surface area contributed by atoms with Gasteiger partial charge in [-0.05, 0) is 39.8 Å². The van der Waals surface area contributed by atoms with Crippen LogP contribution in [0, 0.1) is 0 Å². The van der Waals surface area contributed by atoms with Crippen LogP contribution in [0.4, 0.5) is 13.2 Å². The van der Waals surface area contributed by atoms with Gasteiger partial charge in [-0.25, -0.2) is 0 Å². The summed E-state index contributed by atoms with van der Waals surface area (Å²) >= 11 is 0. The van der Waals surface area contributed by atoms with Crippen LogP contribution in [0.2, 0.25) is 0 Å². The molecule has 0 saturated carbocycles. The third-order valence-electron chi connectivity index (χ3n) is 2.85. The Morgan fingerprint density at radius 2 is 1.90 bits per heavy atom. The fourth-order valence-corrected chi connectivity index (χ4v) is 1.97. The lowest BCUT2D eigenvalue weighted by Gasteiger charge is -2.21. The summed E-state index contributed by atoms with van der Waals surface area (Å²) in [7, 11) is 0. The molecule has 1 rings (SSSR count). The monoisotopic (exact) mass is 306 g/mol. The molecule has 0 aliphatic carbocycles. The van der Waals surface area contributed by atoms with Crippen molar-refractivity contribution >= 4 is 0 Å². The van der Waals surface area contributed by atoms with Crippen LogP contribution in [0.5, 0.6) is 0 Å². The minimum Gasteiger partial charge on any atom is -0.468 e. The van der Waals surface area contributed by atoms with Crippen LogP contribution in [-0.2, 0) is 13.1 Å². The van der Waals surface area contributed by atoms with Gasteiger partial charge in [0.05, 0.1) is 19.4 Å². The van der Waals surface area contributed by atoms with E-state index in [-0.39, 0.29) is 12.1 Å². The molecule has 3 nitrogen and oxygen atoms in total. The number of alkyl halides is 3. The van der Waals surface area contributed by atoms with Crippen LogP contribution >= 0.6 is 0 Å². The van der Waals surface area contributed by atoms with Gasteiger partial charge in [-0.1, -0.05) is 6.92 Å². The van der Waals surface area contributed by atoms with E-state index in [0.717, 1.165) is 5.56 Å². The summed E-state index contributed by atoms with van der Waals surface area (Å²) in [4.78, 5) is 1.36. The molecular formula is C15H25F3N2O. The summed E-state index contributed by atoms with van der Waals surface area (Å²) in [5.74, 6) is 0.568. The molecule has 0 spiro atoms. The molecule has 21 heavy (non-hydrogen) atoms. The highest BCUT2D eigenvalue weighted by Gasteiger charge is 2.30. The predicted molar refractivity (Wildman–Crippen MR) is 76.9 cm³/mol. The van der Waals surface area contributed by atoms with Crippen LogP contribution in [-0.4, -0.2) is 29.7 Å². The third kappa shape index (κ3) is 8.12. The molecule has 0 atom stereocenters. The van der Waals surface area contributed by atoms with Crippen molar-refractivity contribution in [2.45, 2.75) is 58.9 Å². The van der Waals surface area contributed by atoms with E-state index >= 15 is 0 Å². The first-order chi connectivity index (χ1) is 9.59. The van der Waals surface area contributed by atoms with Gasteiger partial charge >= 0.3 is 6.18 Å². The van der Waals surface area contributed by atoms with E-state index in [1.807, 2.05) is 13.0 Å². The van der Waals surface area contributed by atoms with Crippen molar-refractivity contribution in [2.24, 2.45) is 0 Å². The second kappa shape index (κ2) is 7.31. The standard InChI is InChI=1S/C15H25F3N2O/c1-5-6-20(11-15(16,17)18)9-13-7-12(10-21-13)8-19-14(2,3)4/h7,10,19H,5-6,8-9,11H2,1-4H3. The van der Waals surface area contributed by atoms with Gasteiger partial charge in [-0.2, -0.15) is 13.2 Å². The van der Waals surface area contributed by atoms with Gasteiger partial charge in [-0.15, -0.1) is 0 Å². The Morgan fingerprint density at radius 3 is 2.43 bits per heavy atom. The van der Waals surface area contributed by atoms with E-state index in [2.05, 4.69) is 26.1 Å². The van der Waals surface area contributed by atoms with Gasteiger partial charge in [0.1, 0.15) is 5.76 Å². The van der Waals surface area contributed by atoms with E-state index in [0.29, 0.717) is 25.3 Å². The average Bonchev–Trinajstić information content (AvgIpc) is 2.71. The van der Waals surface area contributed by atoms with Gasteiger partial charge in [-0.3, -0.25) is 4.90 Å². The molecule has 0 fully saturated rings. The molecule has 1 N–H and O–H groups in total. The maximum atomic E-state index is 12.5. The Labute approximate surface area is 124 Å². The van der Waals surface area contributed by atoms with Crippen LogP contribution in [0.3, 0.4) is 0 Å². The Kier molecular flexibility index (Phi) is 6.28. The first-order valence-corrected chi connectivity index (χ1v) is 7.19. The summed E-state index contributed by atoms with van der Waals surface area (Å²) in [5, 5.41) is 3.31. The predicted octanol–water partition coefficient (Wildman–Crippen LogP) is 3.94. The third-order valence-corrected chi connectivity index (χ3v) is 2.85. The number of hydrogen-bond acceptors (Lipinski definition) is 3. The fraction of sp³-hybridized carbons (Fsp3) is 0.733. The lowest BCUT2D eigenvalue weighted by Crippen LogP contribution is -2.35. The summed E-state index contributed by atoms with van der Waals surface area (Å²) in [6.07, 6.45) is -1.90. The van der Waals surface area contributed by atoms with Crippen molar-refractivity contribution in [2.75, 3.05) is 13.1 Å². The number of halogens is 3. The van der Waals surface area contributed by atoms with Crippen molar-refractivity contribution in [3.05, 3.63) is 23.7 Å². The zero-order valence-electron chi connectivity index (χ0n) is 13.2. The number of hydrogen-bond donors (Lipinski definition) is 1. The second-order valence-electron chi connectivity index (χ2n) is 6.35. The van der Waals surface area contributed by atoms with Crippen molar-refractivity contribution in [1.29, 1.82) is 0 Å². The molecule has 0 amide bonds. The quantitative estimate of drug-likeness (QED) is 0.827. The van der Waals surface area contributed by atoms with E-state index in [1.54, 1.807) is 6.26 Å². The van der Waals surface area contributed by atoms with Crippen molar-refractivity contribution < 1.29 is 17.6 Å². The fourth-order valence-electron chi connectivity index (χ4n) is 1.97. The molecule has 0 saturated heterocycles. The van der Waals surface area contributed by atoms with Gasteiger partial charge in [0, 0.05) is 17.6 Å². The molecule has 0 aliphatic rings. The Morgan fingerprint density at radius 1 is 1.24 bits per heavy atom. The average molecular weight is 306 g/mol. The van der Waals surface area contributed by atoms with Gasteiger partial charge < -0.3 is 9.73 Å². The maximum Gasteiger partial charge on any atom is 0.401 e. The molecule has 0 unspecified atom stereocenters. The molecule has 1 heterocycles. The van der Waals surface area contributed by atoms with Gasteiger partial charge in [0.15, 0.2) is 0 Å². The zero-order valence-corrected chi connectivity index (χ0v) is 13.2. The van der Waals surface area contributed by atoms with Crippen LogP contribution in [0.25, 0.3) is 0 Å². The summed E-state index contributed by atoms with van der Waals surface area (Å²) in [6, 6.07) is 1.82. The summed E-state index contributed by atoms with van der Waals surface area (Å²) in [6.45, 7) is 8.35. The molecule has 1 aromatic heterocycles. The molecule has 0 aromatic carbocycles. The highest BCUT2D eigenvalue weighted by molar-refractivity contribution is 5.13. The van der Waals surface area contributed by atoms with Crippen LogP contribution < -0.4 is 5.32 Å². The van der Waals surface area contributed by atoms with E-state index in [4.69, 9.17) is 4.42 Å². The molecule has 122 valence electrons. The molecule has 6 heteroatoms. The highest BCUT2D eigenvalue weighted by Crippen LogP contribution is 2.19. The summed E-state index contributed by atoms with van der Waals surface area (Å²) < 4.78 is 42.9. The van der Waals surface area contributed by atoms with Gasteiger partial charge in [0.25, 0.3) is 0 Å². The summed E-state index contributed by atoms with van der Waals surface area (Å²) in [5.41, 5.74) is 0.936. The SMILES string of the molecule is CCCN(Cc1cc(CNC(C)(C)C)co1)CC(F)(F)F. The molecule has 0 aliphatic heterocycles. The molecule has 1 aromatic rings. The smallest absolute Gasteiger partial charge is 0.401 e. The second-order valence-corrected chi connectivity index (χ2v) is 6.35. The lowest BCUT2D eigenvalue weighted by atomic mass is 10.1. The molecule has 0 bridgehead atoms. The normalized spacial score (nSPS) is 13.1. The first-order valence-electron chi connectivity index (χ1n) is 7.19. The maximum absolute atomic E-state index is 12.5. The topological polar surface area (TPSA) is 28.4 Å². The minimum absolute atomic E-state index is 0.0119. The minimum atomic E-state index is -4.18. The largest absolute Gasteiger partial charge is 0.468 e. The molecular weight excluding hydrogens is 281 g/mol. The van der Waals surface area contributed by atoms with Crippen LogP contribution in [0.1, 0.15) is 45.4 Å². The number of nitrogens with one attached hydrogen (secondary N) is 1. The molecule has 0 radical (unpaired) electrons. The lowest BCUT2D eigenvalue weighted by molar-refractivity contribution is -0.147. The van der Waals surface area contributed by atoms with E-state index in [9.17, 15) is 13.2 Å². The van der Waals surface area contributed by atoms with Crippen molar-refractivity contribution in [3.8, 4) is 0 Å². The van der Waals surface area contributed by atoms with Crippen molar-refractivity contribution in [3.63, 3.8) is 0 Å². The van der Waals surface area contributed by atoms with Crippen molar-refractivity contribution in [1.82, 2.24) is 10.2 Å². The highest BCUT2D eigenvalue weighted by atomic mass is 19.4. The Bertz CT molecular complexity index is 421. The Balaban J connectivity index is 2.58. The van der Waals surface area contributed by atoms with Crippen LogP contribution in [0.15, 0.2) is 16.7 Å². The number of nitrogens with zero attached hydrogens (tertiary/aromatic N) is 1.